The van der Waals surface area contributed by atoms with E-state index in [-0.39, 0.29) is 23.2 Å². The first-order chi connectivity index (χ1) is 14.1. The average Bonchev–Trinajstić information content (AvgIpc) is 3.14. The maximum Gasteiger partial charge on any atom is 0.332 e. The summed E-state index contributed by atoms with van der Waals surface area (Å²) in [6.07, 6.45) is 3.38. The monoisotopic (exact) mass is 415 g/mol. The van der Waals surface area contributed by atoms with Crippen molar-refractivity contribution in [2.24, 2.45) is 18.4 Å². The van der Waals surface area contributed by atoms with Crippen molar-refractivity contribution in [1.82, 2.24) is 23.1 Å². The normalized spacial score (nSPS) is 21.7. The van der Waals surface area contributed by atoms with E-state index < -0.39 is 0 Å². The van der Waals surface area contributed by atoms with Gasteiger partial charge in [-0.2, -0.15) is 4.98 Å². The molecule has 0 aromatic carbocycles. The summed E-state index contributed by atoms with van der Waals surface area (Å²) in [6.45, 7) is 11.6. The van der Waals surface area contributed by atoms with Crippen LogP contribution in [0.15, 0.2) is 9.59 Å². The van der Waals surface area contributed by atoms with Crippen LogP contribution >= 0.6 is 0 Å². The smallest absolute Gasteiger partial charge is 0.332 e. The highest BCUT2D eigenvalue weighted by Crippen LogP contribution is 2.45. The largest absolute Gasteiger partial charge is 0.383 e. The lowest BCUT2D eigenvalue weighted by Crippen LogP contribution is -2.40. The molecular formula is C22H33N5O3. The summed E-state index contributed by atoms with van der Waals surface area (Å²) in [5.41, 5.74) is 2.62. The molecule has 3 aromatic heterocycles. The van der Waals surface area contributed by atoms with Crippen LogP contribution in [-0.2, 0) is 18.3 Å². The molecule has 4 rings (SSSR count). The average molecular weight is 416 g/mol. The van der Waals surface area contributed by atoms with Gasteiger partial charge < -0.3 is 9.30 Å². The van der Waals surface area contributed by atoms with Gasteiger partial charge in [-0.25, -0.2) is 4.79 Å². The van der Waals surface area contributed by atoms with Gasteiger partial charge in [0.2, 0.25) is 5.78 Å². The molecule has 8 heteroatoms. The number of methoxy groups -OCH3 is 1. The number of nitrogens with zero attached hydrogens (tertiary/aromatic N) is 5. The van der Waals surface area contributed by atoms with E-state index in [1.165, 1.54) is 15.6 Å². The minimum atomic E-state index is -0.362. The lowest BCUT2D eigenvalue weighted by Gasteiger charge is -2.40. The Balaban J connectivity index is 2.02. The summed E-state index contributed by atoms with van der Waals surface area (Å²) in [5.74, 6) is 1.38. The zero-order valence-corrected chi connectivity index (χ0v) is 19.2. The SMILES string of the molecule is COCCn1c(=O)c2c(nc3n(C4CC(C)CC(C)(C)C4)c(C)c(C)n23)n(C)c1=O. The van der Waals surface area contributed by atoms with Crippen LogP contribution in [-0.4, -0.2) is 36.8 Å². The molecule has 2 unspecified atom stereocenters. The molecule has 3 aromatic rings. The Morgan fingerprint density at radius 3 is 2.50 bits per heavy atom. The van der Waals surface area contributed by atoms with E-state index in [1.807, 2.05) is 11.3 Å². The third-order valence-electron chi connectivity index (χ3n) is 6.81. The van der Waals surface area contributed by atoms with E-state index in [2.05, 4.69) is 32.3 Å². The molecule has 0 N–H and O–H groups in total. The summed E-state index contributed by atoms with van der Waals surface area (Å²) < 4.78 is 12.1. The zero-order chi connectivity index (χ0) is 22.0. The predicted octanol–water partition coefficient (Wildman–Crippen LogP) is 2.80. The molecule has 8 nitrogen and oxygen atoms in total. The lowest BCUT2D eigenvalue weighted by atomic mass is 9.70. The Morgan fingerprint density at radius 1 is 1.17 bits per heavy atom. The fourth-order valence-corrected chi connectivity index (χ4v) is 5.58. The van der Waals surface area contributed by atoms with Gasteiger partial charge in [-0.1, -0.05) is 20.8 Å². The van der Waals surface area contributed by atoms with E-state index in [9.17, 15) is 9.59 Å². The minimum absolute atomic E-state index is 0.220. The van der Waals surface area contributed by atoms with Gasteiger partial charge in [0.05, 0.1) is 13.2 Å². The highest BCUT2D eigenvalue weighted by Gasteiger charge is 2.35. The maximum absolute atomic E-state index is 13.3. The molecule has 1 aliphatic carbocycles. The number of rotatable bonds is 4. The van der Waals surface area contributed by atoms with E-state index in [4.69, 9.17) is 9.72 Å². The summed E-state index contributed by atoms with van der Waals surface area (Å²) in [7, 11) is 3.24. The molecule has 0 saturated heterocycles. The number of hydrogen-bond acceptors (Lipinski definition) is 4. The second kappa shape index (κ2) is 7.11. The highest BCUT2D eigenvalue weighted by molar-refractivity contribution is 5.76. The van der Waals surface area contributed by atoms with Crippen molar-refractivity contribution >= 4 is 16.9 Å². The molecule has 0 radical (unpaired) electrons. The quantitative estimate of drug-likeness (QED) is 0.657. The summed E-state index contributed by atoms with van der Waals surface area (Å²) >= 11 is 0. The maximum atomic E-state index is 13.3. The van der Waals surface area contributed by atoms with Gasteiger partial charge in [0.15, 0.2) is 11.2 Å². The highest BCUT2D eigenvalue weighted by atomic mass is 16.5. The molecule has 1 fully saturated rings. The first-order valence-corrected chi connectivity index (χ1v) is 10.8. The Hall–Kier alpha value is -2.35. The Kier molecular flexibility index (Phi) is 4.96. The number of fused-ring (bicyclic) bond motifs is 3. The van der Waals surface area contributed by atoms with Crippen LogP contribution in [0.1, 0.15) is 57.5 Å². The van der Waals surface area contributed by atoms with E-state index in [0.29, 0.717) is 29.7 Å². The molecule has 0 bridgehead atoms. The first kappa shape index (κ1) is 20.9. The number of hydrogen-bond donors (Lipinski definition) is 0. The van der Waals surface area contributed by atoms with Gasteiger partial charge in [0, 0.05) is 31.6 Å². The first-order valence-electron chi connectivity index (χ1n) is 10.8. The van der Waals surface area contributed by atoms with E-state index in [1.54, 1.807) is 14.2 Å². The van der Waals surface area contributed by atoms with Crippen LogP contribution in [0.5, 0.6) is 0 Å². The van der Waals surface area contributed by atoms with Crippen LogP contribution in [0.4, 0.5) is 0 Å². The Bertz CT molecular complexity index is 1240. The fraction of sp³-hybridized carbons (Fsp3) is 0.682. The van der Waals surface area contributed by atoms with Crippen LogP contribution in [0, 0.1) is 25.2 Å². The van der Waals surface area contributed by atoms with Gasteiger partial charge in [-0.3, -0.25) is 18.3 Å². The molecule has 0 amide bonds. The van der Waals surface area contributed by atoms with Crippen molar-refractivity contribution in [1.29, 1.82) is 0 Å². The summed E-state index contributed by atoms with van der Waals surface area (Å²) in [5, 5.41) is 0. The van der Waals surface area contributed by atoms with Crippen LogP contribution in [0.2, 0.25) is 0 Å². The third kappa shape index (κ3) is 3.04. The van der Waals surface area contributed by atoms with Gasteiger partial charge in [0.1, 0.15) is 0 Å². The van der Waals surface area contributed by atoms with Crippen molar-refractivity contribution in [2.45, 2.75) is 66.5 Å². The van der Waals surface area contributed by atoms with Crippen molar-refractivity contribution in [2.75, 3.05) is 13.7 Å². The van der Waals surface area contributed by atoms with Crippen molar-refractivity contribution in [3.63, 3.8) is 0 Å². The van der Waals surface area contributed by atoms with Crippen molar-refractivity contribution in [3.05, 3.63) is 32.2 Å². The molecular weight excluding hydrogens is 382 g/mol. The second-order valence-corrected chi connectivity index (χ2v) is 9.82. The van der Waals surface area contributed by atoms with E-state index >= 15 is 0 Å². The molecule has 2 atom stereocenters. The molecule has 164 valence electrons. The lowest BCUT2D eigenvalue weighted by molar-refractivity contribution is 0.138. The number of imidazole rings is 2. The zero-order valence-electron chi connectivity index (χ0n) is 19.2. The Morgan fingerprint density at radius 2 is 1.87 bits per heavy atom. The van der Waals surface area contributed by atoms with Gasteiger partial charge in [-0.05, 0) is 44.4 Å². The van der Waals surface area contributed by atoms with Crippen LogP contribution in [0.25, 0.3) is 16.9 Å². The molecule has 1 aliphatic rings. The van der Waals surface area contributed by atoms with Crippen LogP contribution < -0.4 is 11.2 Å². The predicted molar refractivity (Wildman–Crippen MR) is 117 cm³/mol. The summed E-state index contributed by atoms with van der Waals surface area (Å²) in [4.78, 5) is 30.9. The van der Waals surface area contributed by atoms with Gasteiger partial charge in [-0.15, -0.1) is 0 Å². The number of aryl methyl sites for hydroxylation is 2. The van der Waals surface area contributed by atoms with Crippen molar-refractivity contribution < 1.29 is 4.74 Å². The third-order valence-corrected chi connectivity index (χ3v) is 6.81. The summed E-state index contributed by atoms with van der Waals surface area (Å²) in [6, 6.07) is 0.324. The Labute approximate surface area is 176 Å². The molecule has 0 aliphatic heterocycles. The fourth-order valence-electron chi connectivity index (χ4n) is 5.58. The minimum Gasteiger partial charge on any atom is -0.383 e. The second-order valence-electron chi connectivity index (χ2n) is 9.82. The van der Waals surface area contributed by atoms with Crippen LogP contribution in [0.3, 0.4) is 0 Å². The molecule has 3 heterocycles. The standard InChI is InChI=1S/C22H33N5O3/c1-13-10-16(12-22(4,5)11-13)26-14(2)15(3)27-17-18(23-20(26)27)24(6)21(29)25(19(17)28)8-9-30-7/h13,16H,8-12H2,1-7H3. The molecule has 0 spiro atoms. The molecule has 1 saturated carbocycles. The van der Waals surface area contributed by atoms with Gasteiger partial charge >= 0.3 is 5.69 Å². The van der Waals surface area contributed by atoms with Crippen molar-refractivity contribution in [3.8, 4) is 0 Å². The topological polar surface area (TPSA) is 75.5 Å². The van der Waals surface area contributed by atoms with E-state index in [0.717, 1.165) is 30.0 Å². The number of ether oxygens (including phenoxy) is 1. The molecule has 30 heavy (non-hydrogen) atoms. The number of aromatic nitrogens is 5. The van der Waals surface area contributed by atoms with Gasteiger partial charge in [0.25, 0.3) is 5.56 Å².